The summed E-state index contributed by atoms with van der Waals surface area (Å²) < 4.78 is 14.7. The molecule has 0 aliphatic carbocycles. The lowest BCUT2D eigenvalue weighted by molar-refractivity contribution is -0.122. The smallest absolute Gasteiger partial charge is 0.258 e. The van der Waals surface area contributed by atoms with Crippen molar-refractivity contribution in [3.05, 3.63) is 52.1 Å². The zero-order valence-corrected chi connectivity index (χ0v) is 18.1. The van der Waals surface area contributed by atoms with Crippen LogP contribution in [0.2, 0.25) is 5.15 Å². The molecule has 162 valence electrons. The van der Waals surface area contributed by atoms with Crippen LogP contribution in [0.3, 0.4) is 0 Å². The van der Waals surface area contributed by atoms with Crippen LogP contribution in [-0.2, 0) is 11.3 Å². The van der Waals surface area contributed by atoms with Crippen molar-refractivity contribution in [2.24, 2.45) is 0 Å². The van der Waals surface area contributed by atoms with Crippen LogP contribution in [0.1, 0.15) is 35.0 Å². The highest BCUT2D eigenvalue weighted by molar-refractivity contribution is 6.33. The lowest BCUT2D eigenvalue weighted by atomic mass is 10.2. The van der Waals surface area contributed by atoms with Gasteiger partial charge in [0.05, 0.1) is 24.3 Å². The monoisotopic (exact) mass is 435 g/mol. The Bertz CT molecular complexity index is 892. The maximum atomic E-state index is 13.1. The van der Waals surface area contributed by atoms with Crippen molar-refractivity contribution in [2.45, 2.75) is 26.8 Å². The first-order valence-corrected chi connectivity index (χ1v) is 10.5. The summed E-state index contributed by atoms with van der Waals surface area (Å²) in [5.74, 6) is -0.449. The number of aryl methyl sites for hydroxylation is 1. The van der Waals surface area contributed by atoms with E-state index in [0.29, 0.717) is 57.1 Å². The summed E-state index contributed by atoms with van der Waals surface area (Å²) in [5.41, 5.74) is 1.80. The number of halogens is 2. The molecule has 1 N–H and O–H groups in total. The van der Waals surface area contributed by atoms with Gasteiger partial charge in [-0.3, -0.25) is 14.5 Å². The molecule has 1 saturated heterocycles. The fourth-order valence-corrected chi connectivity index (χ4v) is 3.77. The molecule has 0 unspecified atom stereocenters. The number of amides is 2. The molecule has 1 aromatic carbocycles. The summed E-state index contributed by atoms with van der Waals surface area (Å²) in [6, 6.07) is 6.10. The van der Waals surface area contributed by atoms with Crippen molar-refractivity contribution in [3.8, 4) is 0 Å². The third-order valence-electron chi connectivity index (χ3n) is 5.12. The van der Waals surface area contributed by atoms with E-state index in [2.05, 4.69) is 10.4 Å². The van der Waals surface area contributed by atoms with E-state index in [4.69, 9.17) is 11.6 Å². The molecule has 7 nitrogen and oxygen atoms in total. The fraction of sp³-hybridized carbons (Fsp3) is 0.476. The number of nitrogens with one attached hydrogen (secondary N) is 1. The lowest BCUT2D eigenvalue weighted by Gasteiger charge is -2.34. The van der Waals surface area contributed by atoms with Gasteiger partial charge in [0.2, 0.25) is 5.91 Å². The highest BCUT2D eigenvalue weighted by Crippen LogP contribution is 2.23. The van der Waals surface area contributed by atoms with Crippen molar-refractivity contribution in [1.29, 1.82) is 0 Å². The Kier molecular flexibility index (Phi) is 7.44. The molecular weight excluding hydrogens is 409 g/mol. The Morgan fingerprint density at radius 2 is 1.83 bits per heavy atom. The summed E-state index contributed by atoms with van der Waals surface area (Å²) in [6.45, 7) is 7.46. The largest absolute Gasteiger partial charge is 0.355 e. The molecule has 9 heteroatoms. The molecule has 0 radical (unpaired) electrons. The number of piperazine rings is 1. The van der Waals surface area contributed by atoms with Crippen molar-refractivity contribution in [3.63, 3.8) is 0 Å². The van der Waals surface area contributed by atoms with Crippen molar-refractivity contribution in [1.82, 2.24) is 24.9 Å². The summed E-state index contributed by atoms with van der Waals surface area (Å²) >= 11 is 6.49. The van der Waals surface area contributed by atoms with Crippen LogP contribution in [-0.4, -0.2) is 70.7 Å². The van der Waals surface area contributed by atoms with Crippen molar-refractivity contribution in [2.75, 3.05) is 39.3 Å². The summed E-state index contributed by atoms with van der Waals surface area (Å²) in [4.78, 5) is 28.7. The number of rotatable bonds is 7. The molecule has 30 heavy (non-hydrogen) atoms. The number of carbonyl (C=O) groups is 2. The lowest BCUT2D eigenvalue weighted by Crippen LogP contribution is -2.51. The van der Waals surface area contributed by atoms with E-state index in [1.54, 1.807) is 28.6 Å². The Labute approximate surface area is 180 Å². The number of benzene rings is 1. The molecule has 1 fully saturated rings. The van der Waals surface area contributed by atoms with E-state index < -0.39 is 0 Å². The maximum Gasteiger partial charge on any atom is 0.258 e. The number of nitrogens with zero attached hydrogens (tertiary/aromatic N) is 4. The Balaban J connectivity index is 1.61. The highest BCUT2D eigenvalue weighted by atomic mass is 35.5. The van der Waals surface area contributed by atoms with E-state index in [-0.39, 0.29) is 22.8 Å². The van der Waals surface area contributed by atoms with Crippen LogP contribution in [0.4, 0.5) is 4.39 Å². The molecule has 1 aliphatic heterocycles. The fourth-order valence-electron chi connectivity index (χ4n) is 3.45. The predicted molar refractivity (Wildman–Crippen MR) is 113 cm³/mol. The summed E-state index contributed by atoms with van der Waals surface area (Å²) in [5, 5.41) is 7.56. The van der Waals surface area contributed by atoms with Gasteiger partial charge in [-0.2, -0.15) is 5.10 Å². The number of aromatic nitrogens is 2. The SMILES string of the molecule is CCCNC(=O)CN1CCN(C(=O)c2c(C)nn(Cc3ccc(F)cc3)c2Cl)CC1. The van der Waals surface area contributed by atoms with Gasteiger partial charge in [0.15, 0.2) is 0 Å². The minimum atomic E-state index is -0.306. The molecule has 2 heterocycles. The maximum absolute atomic E-state index is 13.1. The molecule has 0 atom stereocenters. The molecule has 3 rings (SSSR count). The number of hydrogen-bond acceptors (Lipinski definition) is 4. The van der Waals surface area contributed by atoms with Gasteiger partial charge in [0.25, 0.3) is 5.91 Å². The Morgan fingerprint density at radius 3 is 2.47 bits per heavy atom. The normalized spacial score (nSPS) is 14.7. The van der Waals surface area contributed by atoms with E-state index in [1.807, 2.05) is 11.8 Å². The third-order valence-corrected chi connectivity index (χ3v) is 5.51. The molecule has 2 aromatic rings. The average Bonchev–Trinajstić information content (AvgIpc) is 3.01. The minimum Gasteiger partial charge on any atom is -0.355 e. The molecule has 0 spiro atoms. The zero-order valence-electron chi connectivity index (χ0n) is 17.3. The van der Waals surface area contributed by atoms with Gasteiger partial charge in [-0.1, -0.05) is 30.7 Å². The van der Waals surface area contributed by atoms with E-state index in [1.165, 1.54) is 12.1 Å². The molecule has 1 aliphatic rings. The van der Waals surface area contributed by atoms with Gasteiger partial charge in [-0.25, -0.2) is 9.07 Å². The summed E-state index contributed by atoms with van der Waals surface area (Å²) in [6.07, 6.45) is 0.906. The van der Waals surface area contributed by atoms with Crippen LogP contribution in [0.15, 0.2) is 24.3 Å². The van der Waals surface area contributed by atoms with Crippen LogP contribution >= 0.6 is 11.6 Å². The molecule has 0 bridgehead atoms. The standard InChI is InChI=1S/C21H27ClFN5O2/c1-3-8-24-18(29)14-26-9-11-27(12-10-26)21(30)19-15(2)25-28(20(19)22)13-16-4-6-17(23)7-5-16/h4-7H,3,8-14H2,1-2H3,(H,24,29). The molecule has 0 saturated carbocycles. The second-order valence-corrected chi connectivity index (χ2v) is 7.81. The second kappa shape index (κ2) is 10.0. The van der Waals surface area contributed by atoms with Gasteiger partial charge in [0.1, 0.15) is 11.0 Å². The molecule has 2 amide bonds. The van der Waals surface area contributed by atoms with Gasteiger partial charge < -0.3 is 10.2 Å². The second-order valence-electron chi connectivity index (χ2n) is 7.45. The quantitative estimate of drug-likeness (QED) is 0.724. The zero-order chi connectivity index (χ0) is 21.7. The predicted octanol–water partition coefficient (Wildman–Crippen LogP) is 2.32. The third kappa shape index (κ3) is 5.37. The minimum absolute atomic E-state index is 0.0117. The first-order chi connectivity index (χ1) is 14.4. The van der Waals surface area contributed by atoms with Gasteiger partial charge in [-0.05, 0) is 31.0 Å². The first-order valence-electron chi connectivity index (χ1n) is 10.1. The van der Waals surface area contributed by atoms with Crippen LogP contribution in [0, 0.1) is 12.7 Å². The van der Waals surface area contributed by atoms with Crippen molar-refractivity contribution < 1.29 is 14.0 Å². The topological polar surface area (TPSA) is 70.5 Å². The Hall–Kier alpha value is -2.45. The molecular formula is C21H27ClFN5O2. The van der Waals surface area contributed by atoms with Crippen molar-refractivity contribution >= 4 is 23.4 Å². The van der Waals surface area contributed by atoms with Gasteiger partial charge in [-0.15, -0.1) is 0 Å². The van der Waals surface area contributed by atoms with Crippen LogP contribution < -0.4 is 5.32 Å². The average molecular weight is 436 g/mol. The van der Waals surface area contributed by atoms with Crippen LogP contribution in [0.5, 0.6) is 0 Å². The Morgan fingerprint density at radius 1 is 1.17 bits per heavy atom. The van der Waals surface area contributed by atoms with E-state index in [0.717, 1.165) is 12.0 Å². The molecule has 1 aromatic heterocycles. The van der Waals surface area contributed by atoms with Gasteiger partial charge in [0, 0.05) is 32.7 Å². The first kappa shape index (κ1) is 22.2. The summed E-state index contributed by atoms with van der Waals surface area (Å²) in [7, 11) is 0. The van der Waals surface area contributed by atoms with Crippen LogP contribution in [0.25, 0.3) is 0 Å². The van der Waals surface area contributed by atoms with E-state index in [9.17, 15) is 14.0 Å². The highest BCUT2D eigenvalue weighted by Gasteiger charge is 2.28. The van der Waals surface area contributed by atoms with Gasteiger partial charge >= 0.3 is 0 Å². The van der Waals surface area contributed by atoms with E-state index >= 15 is 0 Å². The number of carbonyl (C=O) groups excluding carboxylic acids is 2. The number of hydrogen-bond donors (Lipinski definition) is 1.